The zero-order valence-corrected chi connectivity index (χ0v) is 11.2. The van der Waals surface area contributed by atoms with E-state index in [1.54, 1.807) is 6.92 Å². The quantitative estimate of drug-likeness (QED) is 0.517. The number of carbonyl (C=O) groups excluding carboxylic acids is 4. The largest absolute Gasteiger partial charge is 0.283 e. The second-order valence-electron chi connectivity index (χ2n) is 4.29. The first kappa shape index (κ1) is 15.1. The van der Waals surface area contributed by atoms with Gasteiger partial charge in [0, 0.05) is 38.6 Å². The molecule has 0 aromatic heterocycles. The van der Waals surface area contributed by atoms with Crippen LogP contribution in [-0.4, -0.2) is 46.5 Å². The summed E-state index contributed by atoms with van der Waals surface area (Å²) in [6.45, 7) is 3.69. The lowest BCUT2D eigenvalue weighted by atomic mass is 10.2. The van der Waals surface area contributed by atoms with Crippen LogP contribution in [0.3, 0.4) is 0 Å². The molecular weight excluding hydrogens is 248 g/mol. The van der Waals surface area contributed by atoms with E-state index < -0.39 is 0 Å². The lowest BCUT2D eigenvalue weighted by Crippen LogP contribution is -2.36. The molecule has 0 aromatic rings. The van der Waals surface area contributed by atoms with Crippen LogP contribution in [-0.2, 0) is 19.2 Å². The zero-order chi connectivity index (χ0) is 14.4. The van der Waals surface area contributed by atoms with E-state index in [4.69, 9.17) is 0 Å². The summed E-state index contributed by atoms with van der Waals surface area (Å²) in [5.41, 5.74) is 0. The Bertz CT molecular complexity index is 410. The maximum Gasteiger partial charge on any atom is 0.253 e. The van der Waals surface area contributed by atoms with Gasteiger partial charge in [-0.15, -0.1) is 0 Å². The Hall–Kier alpha value is -1.98. The number of imide groups is 2. The fraction of sp³-hybridized carbons (Fsp3) is 0.538. The van der Waals surface area contributed by atoms with E-state index in [2.05, 4.69) is 0 Å². The van der Waals surface area contributed by atoms with Crippen molar-refractivity contribution in [1.29, 1.82) is 0 Å². The van der Waals surface area contributed by atoms with E-state index in [9.17, 15) is 19.2 Å². The van der Waals surface area contributed by atoms with Gasteiger partial charge in [-0.05, 0) is 12.8 Å². The molecule has 0 atom stereocenters. The zero-order valence-electron chi connectivity index (χ0n) is 11.2. The number of hydrogen-bond donors (Lipinski definition) is 0. The summed E-state index contributed by atoms with van der Waals surface area (Å²) in [6.07, 6.45) is 3.91. The van der Waals surface area contributed by atoms with Crippen molar-refractivity contribution in [2.24, 2.45) is 0 Å². The number of hydrogen-bond acceptors (Lipinski definition) is 4. The fourth-order valence-corrected chi connectivity index (χ4v) is 1.84. The molecular formula is C13H18N2O4. The number of unbranched alkanes of at least 4 members (excludes halogenated alkanes) is 1. The number of carbonyl (C=O) groups is 4. The van der Waals surface area contributed by atoms with Crippen molar-refractivity contribution in [3.05, 3.63) is 12.2 Å². The second-order valence-corrected chi connectivity index (χ2v) is 4.29. The minimum atomic E-state index is -0.307. The number of amides is 4. The average Bonchev–Trinajstić information content (AvgIpc) is 2.68. The van der Waals surface area contributed by atoms with Gasteiger partial charge in [0.1, 0.15) is 0 Å². The summed E-state index contributed by atoms with van der Waals surface area (Å²) in [7, 11) is 0. The fourth-order valence-electron chi connectivity index (χ4n) is 1.84. The molecule has 104 valence electrons. The van der Waals surface area contributed by atoms with Crippen LogP contribution in [0.1, 0.15) is 33.1 Å². The molecule has 0 spiro atoms. The van der Waals surface area contributed by atoms with E-state index in [-0.39, 0.29) is 30.0 Å². The molecule has 1 rings (SSSR count). The van der Waals surface area contributed by atoms with Gasteiger partial charge in [0.25, 0.3) is 11.8 Å². The van der Waals surface area contributed by atoms with Gasteiger partial charge in [-0.2, -0.15) is 0 Å². The van der Waals surface area contributed by atoms with E-state index >= 15 is 0 Å². The van der Waals surface area contributed by atoms with Crippen LogP contribution in [0.5, 0.6) is 0 Å². The summed E-state index contributed by atoms with van der Waals surface area (Å²) in [5.74, 6) is -1.10. The Morgan fingerprint density at radius 2 is 1.74 bits per heavy atom. The van der Waals surface area contributed by atoms with E-state index in [0.717, 1.165) is 4.90 Å². The van der Waals surface area contributed by atoms with E-state index in [1.807, 2.05) is 0 Å². The molecule has 19 heavy (non-hydrogen) atoms. The van der Waals surface area contributed by atoms with E-state index in [1.165, 1.54) is 24.0 Å². The van der Waals surface area contributed by atoms with Crippen molar-refractivity contribution in [1.82, 2.24) is 9.80 Å². The third kappa shape index (κ3) is 4.01. The minimum absolute atomic E-state index is 0.206. The topological polar surface area (TPSA) is 74.8 Å². The first-order valence-corrected chi connectivity index (χ1v) is 6.31. The van der Waals surface area contributed by atoms with Gasteiger partial charge in [-0.25, -0.2) is 0 Å². The highest BCUT2D eigenvalue weighted by atomic mass is 16.2. The van der Waals surface area contributed by atoms with Gasteiger partial charge in [-0.1, -0.05) is 6.92 Å². The van der Waals surface area contributed by atoms with Crippen molar-refractivity contribution < 1.29 is 19.2 Å². The maximum absolute atomic E-state index is 11.5. The van der Waals surface area contributed by atoms with Crippen LogP contribution in [0, 0.1) is 0 Å². The van der Waals surface area contributed by atoms with E-state index in [0.29, 0.717) is 25.9 Å². The predicted molar refractivity (Wildman–Crippen MR) is 67.8 cm³/mol. The first-order valence-electron chi connectivity index (χ1n) is 6.31. The Balaban J connectivity index is 2.33. The minimum Gasteiger partial charge on any atom is -0.283 e. The van der Waals surface area contributed by atoms with Gasteiger partial charge in [0.05, 0.1) is 0 Å². The number of rotatable bonds is 6. The molecule has 1 heterocycles. The van der Waals surface area contributed by atoms with Crippen molar-refractivity contribution >= 4 is 23.6 Å². The summed E-state index contributed by atoms with van der Waals surface area (Å²) in [4.78, 5) is 47.7. The summed E-state index contributed by atoms with van der Waals surface area (Å²) in [5, 5.41) is 0. The van der Waals surface area contributed by atoms with Crippen LogP contribution < -0.4 is 0 Å². The number of nitrogens with zero attached hydrogens (tertiary/aromatic N) is 2. The van der Waals surface area contributed by atoms with Crippen LogP contribution in [0.4, 0.5) is 0 Å². The third-order valence-corrected chi connectivity index (χ3v) is 2.90. The van der Waals surface area contributed by atoms with Crippen LogP contribution in [0.15, 0.2) is 12.2 Å². The lowest BCUT2D eigenvalue weighted by Gasteiger charge is -2.19. The molecule has 0 aromatic carbocycles. The van der Waals surface area contributed by atoms with Crippen molar-refractivity contribution in [3.63, 3.8) is 0 Å². The molecule has 6 heteroatoms. The standard InChI is InChI=1S/C13H18N2O4/c1-3-11(17)14(10(2)16)8-4-5-9-15-12(18)6-7-13(15)19/h6-7H,3-5,8-9H2,1-2H3. The van der Waals surface area contributed by atoms with Crippen molar-refractivity contribution in [2.45, 2.75) is 33.1 Å². The third-order valence-electron chi connectivity index (χ3n) is 2.90. The van der Waals surface area contributed by atoms with Gasteiger partial charge in [-0.3, -0.25) is 29.0 Å². The van der Waals surface area contributed by atoms with Gasteiger partial charge in [0.2, 0.25) is 11.8 Å². The van der Waals surface area contributed by atoms with Crippen molar-refractivity contribution in [3.8, 4) is 0 Å². The van der Waals surface area contributed by atoms with Gasteiger partial charge >= 0.3 is 0 Å². The highest BCUT2D eigenvalue weighted by Crippen LogP contribution is 2.06. The monoisotopic (exact) mass is 266 g/mol. The van der Waals surface area contributed by atoms with Crippen LogP contribution in [0.2, 0.25) is 0 Å². The predicted octanol–water partition coefficient (Wildman–Crippen LogP) is 0.477. The van der Waals surface area contributed by atoms with Crippen LogP contribution in [0.25, 0.3) is 0 Å². The molecule has 0 saturated heterocycles. The van der Waals surface area contributed by atoms with Crippen molar-refractivity contribution in [2.75, 3.05) is 13.1 Å². The first-order chi connectivity index (χ1) is 8.97. The SMILES string of the molecule is CCC(=O)N(CCCCN1C(=O)C=CC1=O)C(C)=O. The lowest BCUT2D eigenvalue weighted by molar-refractivity contribution is -0.144. The molecule has 6 nitrogen and oxygen atoms in total. The molecule has 1 aliphatic heterocycles. The average molecular weight is 266 g/mol. The summed E-state index contributed by atoms with van der Waals surface area (Å²) < 4.78 is 0. The van der Waals surface area contributed by atoms with Gasteiger partial charge in [0.15, 0.2) is 0 Å². The van der Waals surface area contributed by atoms with Gasteiger partial charge < -0.3 is 0 Å². The summed E-state index contributed by atoms with van der Waals surface area (Å²) in [6, 6.07) is 0. The molecule has 0 N–H and O–H groups in total. The Morgan fingerprint density at radius 1 is 1.16 bits per heavy atom. The molecule has 4 amide bonds. The smallest absolute Gasteiger partial charge is 0.253 e. The maximum atomic E-state index is 11.5. The molecule has 0 fully saturated rings. The molecule has 0 saturated carbocycles. The Labute approximate surface area is 112 Å². The second kappa shape index (κ2) is 6.82. The molecule has 1 aliphatic rings. The molecule has 0 bridgehead atoms. The molecule has 0 unspecified atom stereocenters. The Morgan fingerprint density at radius 3 is 2.21 bits per heavy atom. The molecule has 0 radical (unpaired) electrons. The normalized spacial score (nSPS) is 14.1. The molecule has 0 aliphatic carbocycles. The highest BCUT2D eigenvalue weighted by Gasteiger charge is 2.22. The summed E-state index contributed by atoms with van der Waals surface area (Å²) >= 11 is 0. The Kier molecular flexibility index (Phi) is 5.41. The highest BCUT2D eigenvalue weighted by molar-refractivity contribution is 6.12. The van der Waals surface area contributed by atoms with Crippen LogP contribution >= 0.6 is 0 Å².